The minimum atomic E-state index is -0.810. The van der Waals surface area contributed by atoms with Crippen LogP contribution >= 0.6 is 0 Å². The van der Waals surface area contributed by atoms with Gasteiger partial charge in [0.2, 0.25) is 0 Å². The minimum absolute atomic E-state index is 0.197. The molecule has 2 aliphatic carbocycles. The molecule has 2 aliphatic rings. The predicted octanol–water partition coefficient (Wildman–Crippen LogP) is 11.7. The van der Waals surface area contributed by atoms with E-state index in [2.05, 4.69) is 25.2 Å². The number of rotatable bonds is 9. The van der Waals surface area contributed by atoms with Crippen molar-refractivity contribution in [1.29, 1.82) is 0 Å². The van der Waals surface area contributed by atoms with Gasteiger partial charge >= 0.3 is 0 Å². The molecule has 3 heteroatoms. The summed E-state index contributed by atoms with van der Waals surface area (Å²) < 4.78 is 44.6. The molecule has 0 radical (unpaired) electrons. The molecule has 0 amide bonds. The highest BCUT2D eigenvalue weighted by Gasteiger charge is 2.29. The van der Waals surface area contributed by atoms with Gasteiger partial charge in [0.25, 0.3) is 0 Å². The van der Waals surface area contributed by atoms with E-state index < -0.39 is 11.6 Å². The van der Waals surface area contributed by atoms with Gasteiger partial charge in [0.05, 0.1) is 0 Å². The molecular formula is C38H43F3. The van der Waals surface area contributed by atoms with Crippen LogP contribution in [0, 0.1) is 35.2 Å². The van der Waals surface area contributed by atoms with Gasteiger partial charge in [-0.1, -0.05) is 92.9 Å². The van der Waals surface area contributed by atoms with E-state index in [1.165, 1.54) is 38.5 Å². The Balaban J connectivity index is 1.21. The maximum absolute atomic E-state index is 15.3. The molecule has 3 aromatic rings. The third-order valence-electron chi connectivity index (χ3n) is 9.51. The van der Waals surface area contributed by atoms with Crippen LogP contribution in [0.4, 0.5) is 13.2 Å². The van der Waals surface area contributed by atoms with Crippen LogP contribution in [-0.4, -0.2) is 0 Å². The third kappa shape index (κ3) is 6.88. The summed E-state index contributed by atoms with van der Waals surface area (Å²) in [5, 5.41) is 0. The topological polar surface area (TPSA) is 0 Å². The number of halogens is 3. The van der Waals surface area contributed by atoms with Crippen LogP contribution in [0.15, 0.2) is 72.8 Å². The fraction of sp³-hybridized carbons (Fsp3) is 0.421. The fourth-order valence-corrected chi connectivity index (χ4v) is 7.05. The minimum Gasteiger partial charge on any atom is -0.206 e. The van der Waals surface area contributed by atoms with Crippen LogP contribution in [0.1, 0.15) is 89.2 Å². The quantitative estimate of drug-likeness (QED) is 0.230. The zero-order valence-electron chi connectivity index (χ0n) is 24.6. The summed E-state index contributed by atoms with van der Waals surface area (Å²) in [6.07, 6.45) is 19.1. The smallest absolute Gasteiger partial charge is 0.166 e. The average Bonchev–Trinajstić information content (AvgIpc) is 3.00. The van der Waals surface area contributed by atoms with E-state index in [1.54, 1.807) is 30.3 Å². The van der Waals surface area contributed by atoms with Gasteiger partial charge in [0.15, 0.2) is 11.6 Å². The highest BCUT2D eigenvalue weighted by Crippen LogP contribution is 2.42. The first-order chi connectivity index (χ1) is 20.0. The Morgan fingerprint density at radius 3 is 2.12 bits per heavy atom. The van der Waals surface area contributed by atoms with Crippen molar-refractivity contribution in [2.24, 2.45) is 17.8 Å². The molecule has 0 spiro atoms. The van der Waals surface area contributed by atoms with Crippen molar-refractivity contribution in [2.45, 2.75) is 84.5 Å². The van der Waals surface area contributed by atoms with Crippen LogP contribution < -0.4 is 0 Å². The first-order valence-electron chi connectivity index (χ1n) is 15.7. The van der Waals surface area contributed by atoms with Gasteiger partial charge in [-0.15, -0.1) is 0 Å². The number of benzene rings is 3. The lowest BCUT2D eigenvalue weighted by atomic mass is 9.70. The van der Waals surface area contributed by atoms with E-state index in [9.17, 15) is 8.78 Å². The molecule has 0 heterocycles. The standard InChI is InChI=1S/C38H43F3/c1-3-5-6-8-26-9-11-27(12-10-26)28-13-17-30(18-14-28)34-23-22-33(25-36(34)39)29-15-19-31(20-16-29)35-24-21-32(7-4-2)37(40)38(35)41/h3,5,15-17,19-28H,4,6-14,18H2,1-2H3/b5-3+. The molecule has 41 heavy (non-hydrogen) atoms. The Hall–Kier alpha value is -3.07. The van der Waals surface area contributed by atoms with E-state index in [-0.39, 0.29) is 11.4 Å². The van der Waals surface area contributed by atoms with Crippen LogP contribution in [0.25, 0.3) is 27.8 Å². The number of hydrogen-bond donors (Lipinski definition) is 0. The van der Waals surface area contributed by atoms with Crippen molar-refractivity contribution in [2.75, 3.05) is 0 Å². The molecule has 0 saturated heterocycles. The van der Waals surface area contributed by atoms with Crippen LogP contribution in [0.2, 0.25) is 0 Å². The highest BCUT2D eigenvalue weighted by atomic mass is 19.2. The van der Waals surface area contributed by atoms with E-state index in [0.29, 0.717) is 23.1 Å². The van der Waals surface area contributed by atoms with Gasteiger partial charge < -0.3 is 0 Å². The SMILES string of the molecule is C/C=C/CCC1CCC(C2CC=C(c3ccc(-c4ccc(-c5ccc(CCC)c(F)c5F)cc4)cc3F)CC2)CC1. The molecule has 1 atom stereocenters. The molecule has 5 rings (SSSR count). The van der Waals surface area contributed by atoms with Gasteiger partial charge in [0, 0.05) is 11.1 Å². The van der Waals surface area contributed by atoms with E-state index in [1.807, 2.05) is 31.2 Å². The molecule has 0 bridgehead atoms. The molecule has 3 aromatic carbocycles. The summed E-state index contributed by atoms with van der Waals surface area (Å²) in [6.45, 7) is 4.05. The normalized spacial score (nSPS) is 21.3. The van der Waals surface area contributed by atoms with E-state index in [0.717, 1.165) is 60.1 Å². The van der Waals surface area contributed by atoms with Crippen LogP contribution in [-0.2, 0) is 6.42 Å². The predicted molar refractivity (Wildman–Crippen MR) is 166 cm³/mol. The fourth-order valence-electron chi connectivity index (χ4n) is 7.05. The number of hydrogen-bond acceptors (Lipinski definition) is 0. The number of allylic oxidation sites excluding steroid dienone is 4. The maximum Gasteiger partial charge on any atom is 0.166 e. The van der Waals surface area contributed by atoms with Gasteiger partial charge in [-0.05, 0) is 110 Å². The Morgan fingerprint density at radius 1 is 0.756 bits per heavy atom. The third-order valence-corrected chi connectivity index (χ3v) is 9.51. The summed E-state index contributed by atoms with van der Waals surface area (Å²) in [5.74, 6) is 0.671. The first kappa shape index (κ1) is 29.4. The Bertz CT molecular complexity index is 1370. The van der Waals surface area contributed by atoms with Crippen LogP contribution in [0.3, 0.4) is 0 Å². The molecule has 1 saturated carbocycles. The second kappa shape index (κ2) is 13.7. The molecule has 1 fully saturated rings. The largest absolute Gasteiger partial charge is 0.206 e. The second-order valence-electron chi connectivity index (χ2n) is 12.1. The number of aryl methyl sites for hydroxylation is 1. The van der Waals surface area contributed by atoms with E-state index >= 15 is 4.39 Å². The summed E-state index contributed by atoms with van der Waals surface area (Å²) in [7, 11) is 0. The monoisotopic (exact) mass is 556 g/mol. The molecule has 0 aliphatic heterocycles. The van der Waals surface area contributed by atoms with Crippen molar-refractivity contribution in [3.63, 3.8) is 0 Å². The lowest BCUT2D eigenvalue weighted by Crippen LogP contribution is -2.23. The maximum atomic E-state index is 15.3. The summed E-state index contributed by atoms with van der Waals surface area (Å²) in [4.78, 5) is 0. The summed E-state index contributed by atoms with van der Waals surface area (Å²) >= 11 is 0. The molecule has 0 aromatic heterocycles. The molecule has 216 valence electrons. The van der Waals surface area contributed by atoms with Crippen molar-refractivity contribution < 1.29 is 13.2 Å². The Kier molecular flexibility index (Phi) is 9.85. The Labute approximate surface area is 244 Å². The van der Waals surface area contributed by atoms with Gasteiger partial charge in [-0.3, -0.25) is 0 Å². The van der Waals surface area contributed by atoms with Crippen molar-refractivity contribution in [1.82, 2.24) is 0 Å². The molecule has 0 N–H and O–H groups in total. The lowest BCUT2D eigenvalue weighted by Gasteiger charge is -2.35. The van der Waals surface area contributed by atoms with E-state index in [4.69, 9.17) is 0 Å². The first-order valence-corrected chi connectivity index (χ1v) is 15.7. The second-order valence-corrected chi connectivity index (χ2v) is 12.1. The van der Waals surface area contributed by atoms with Gasteiger partial charge in [-0.2, -0.15) is 0 Å². The van der Waals surface area contributed by atoms with Gasteiger partial charge in [-0.25, -0.2) is 13.2 Å². The van der Waals surface area contributed by atoms with Crippen LogP contribution in [0.5, 0.6) is 0 Å². The zero-order chi connectivity index (χ0) is 28.8. The zero-order valence-corrected chi connectivity index (χ0v) is 24.6. The average molecular weight is 557 g/mol. The lowest BCUT2D eigenvalue weighted by molar-refractivity contribution is 0.190. The summed E-state index contributed by atoms with van der Waals surface area (Å²) in [6, 6.07) is 16.0. The van der Waals surface area contributed by atoms with Crippen molar-refractivity contribution in [3.8, 4) is 22.3 Å². The molecular weight excluding hydrogens is 513 g/mol. The molecule has 0 nitrogen and oxygen atoms in total. The summed E-state index contributed by atoms with van der Waals surface area (Å²) in [5.41, 5.74) is 4.73. The highest BCUT2D eigenvalue weighted by molar-refractivity contribution is 5.74. The molecule has 1 unspecified atom stereocenters. The van der Waals surface area contributed by atoms with Crippen molar-refractivity contribution >= 4 is 5.57 Å². The van der Waals surface area contributed by atoms with Gasteiger partial charge in [0.1, 0.15) is 5.82 Å². The Morgan fingerprint density at radius 2 is 1.46 bits per heavy atom. The van der Waals surface area contributed by atoms with Crippen molar-refractivity contribution in [3.05, 3.63) is 101 Å².